The van der Waals surface area contributed by atoms with E-state index >= 15 is 0 Å². The van der Waals surface area contributed by atoms with Crippen molar-refractivity contribution in [2.24, 2.45) is 4.99 Å². The van der Waals surface area contributed by atoms with Gasteiger partial charge in [0.1, 0.15) is 0 Å². The number of hydrogen-bond donors (Lipinski definition) is 0. The van der Waals surface area contributed by atoms with Gasteiger partial charge in [0.15, 0.2) is 0 Å². The van der Waals surface area contributed by atoms with Gasteiger partial charge in [0.25, 0.3) is 11.4 Å². The van der Waals surface area contributed by atoms with E-state index < -0.39 is 9.85 Å². The molecule has 0 radical (unpaired) electrons. The fraction of sp³-hybridized carbons (Fsp3) is 0.0625. The van der Waals surface area contributed by atoms with E-state index in [1.165, 1.54) is 6.07 Å². The Morgan fingerprint density at radius 3 is 2.35 bits per heavy atom. The average molecular weight is 309 g/mol. The fourth-order valence-electron chi connectivity index (χ4n) is 2.82. The van der Waals surface area contributed by atoms with E-state index in [0.717, 1.165) is 11.6 Å². The number of rotatable bonds is 3. The van der Waals surface area contributed by atoms with Crippen LogP contribution in [0.1, 0.15) is 16.7 Å². The van der Waals surface area contributed by atoms with Crippen LogP contribution in [0.3, 0.4) is 0 Å². The van der Waals surface area contributed by atoms with Crippen LogP contribution in [0.4, 0.5) is 11.4 Å². The maximum Gasteiger partial charge on any atom is 0.284 e. The van der Waals surface area contributed by atoms with Gasteiger partial charge in [-0.25, -0.2) is 0 Å². The lowest BCUT2D eigenvalue weighted by atomic mass is 10.0. The van der Waals surface area contributed by atoms with Gasteiger partial charge in [0, 0.05) is 24.2 Å². The van der Waals surface area contributed by atoms with E-state index in [1.54, 1.807) is 25.3 Å². The highest BCUT2D eigenvalue weighted by molar-refractivity contribution is 6.26. The number of nitro benzene ring substituents is 2. The molecule has 2 aromatic carbocycles. The van der Waals surface area contributed by atoms with E-state index in [2.05, 4.69) is 11.6 Å². The first kappa shape index (κ1) is 14.6. The Balaban J connectivity index is 2.42. The van der Waals surface area contributed by atoms with Crippen LogP contribution >= 0.6 is 0 Å². The standard InChI is InChI=1S/C16H11N3O4/c1-3-9-4-5-11-12(6-9)16(17-2)13-7-10(18(20)21)8-14(15(11)13)19(22)23/h3-8H,1H2,2H3/b17-16+. The summed E-state index contributed by atoms with van der Waals surface area (Å²) in [5, 5.41) is 22.5. The van der Waals surface area contributed by atoms with Crippen LogP contribution in [0.25, 0.3) is 17.2 Å². The first-order valence-electron chi connectivity index (χ1n) is 6.69. The predicted octanol–water partition coefficient (Wildman–Crippen LogP) is 3.59. The van der Waals surface area contributed by atoms with Crippen LogP contribution in [-0.2, 0) is 0 Å². The molecule has 0 fully saturated rings. The number of fused-ring (bicyclic) bond motifs is 3. The molecule has 114 valence electrons. The molecule has 0 spiro atoms. The van der Waals surface area contributed by atoms with Crippen molar-refractivity contribution in [3.8, 4) is 11.1 Å². The first-order valence-corrected chi connectivity index (χ1v) is 6.69. The summed E-state index contributed by atoms with van der Waals surface area (Å²) in [4.78, 5) is 25.4. The zero-order valence-corrected chi connectivity index (χ0v) is 12.1. The Morgan fingerprint density at radius 2 is 1.78 bits per heavy atom. The lowest BCUT2D eigenvalue weighted by Gasteiger charge is -2.02. The highest BCUT2D eigenvalue weighted by atomic mass is 16.6. The number of aliphatic imine (C=N–C) groups is 1. The van der Waals surface area contributed by atoms with Gasteiger partial charge in [-0.3, -0.25) is 25.2 Å². The summed E-state index contributed by atoms with van der Waals surface area (Å²) in [6, 6.07) is 7.68. The predicted molar refractivity (Wildman–Crippen MR) is 86.8 cm³/mol. The van der Waals surface area contributed by atoms with E-state index in [-0.39, 0.29) is 11.4 Å². The summed E-state index contributed by atoms with van der Waals surface area (Å²) in [5.74, 6) is 0. The molecular weight excluding hydrogens is 298 g/mol. The largest absolute Gasteiger partial charge is 0.287 e. The van der Waals surface area contributed by atoms with E-state index in [0.29, 0.717) is 28.0 Å². The molecule has 7 heteroatoms. The van der Waals surface area contributed by atoms with Crippen molar-refractivity contribution in [1.29, 1.82) is 0 Å². The van der Waals surface area contributed by atoms with Gasteiger partial charge in [0.2, 0.25) is 0 Å². The second-order valence-corrected chi connectivity index (χ2v) is 4.98. The second-order valence-electron chi connectivity index (χ2n) is 4.98. The maximum atomic E-state index is 11.4. The van der Waals surface area contributed by atoms with Gasteiger partial charge < -0.3 is 0 Å². The number of non-ortho nitro benzene ring substituents is 1. The van der Waals surface area contributed by atoms with Gasteiger partial charge in [-0.05, 0) is 17.2 Å². The summed E-state index contributed by atoms with van der Waals surface area (Å²) >= 11 is 0. The van der Waals surface area contributed by atoms with Crippen molar-refractivity contribution < 1.29 is 9.85 Å². The van der Waals surface area contributed by atoms with E-state index in [9.17, 15) is 20.2 Å². The molecule has 0 aliphatic heterocycles. The van der Waals surface area contributed by atoms with Crippen LogP contribution in [0.2, 0.25) is 0 Å². The van der Waals surface area contributed by atoms with Crippen molar-refractivity contribution in [2.75, 3.05) is 7.05 Å². The molecule has 1 aliphatic rings. The molecule has 2 aromatic rings. The molecule has 0 saturated carbocycles. The molecule has 0 atom stereocenters. The summed E-state index contributed by atoms with van der Waals surface area (Å²) in [7, 11) is 1.56. The van der Waals surface area contributed by atoms with Crippen molar-refractivity contribution in [3.05, 3.63) is 73.8 Å². The van der Waals surface area contributed by atoms with E-state index in [1.807, 2.05) is 6.07 Å². The van der Waals surface area contributed by atoms with Crippen LogP contribution in [0.5, 0.6) is 0 Å². The summed E-state index contributed by atoms with van der Waals surface area (Å²) in [6.45, 7) is 3.70. The fourth-order valence-corrected chi connectivity index (χ4v) is 2.82. The van der Waals surface area contributed by atoms with Gasteiger partial charge in [-0.1, -0.05) is 24.8 Å². The molecule has 7 nitrogen and oxygen atoms in total. The third-order valence-corrected chi connectivity index (χ3v) is 3.79. The lowest BCUT2D eigenvalue weighted by Crippen LogP contribution is -2.01. The summed E-state index contributed by atoms with van der Waals surface area (Å²) < 4.78 is 0. The zero-order chi connectivity index (χ0) is 16.7. The van der Waals surface area contributed by atoms with Crippen LogP contribution in [0, 0.1) is 20.2 Å². The Bertz CT molecular complexity index is 916. The number of nitrogens with zero attached hydrogens (tertiary/aromatic N) is 3. The quantitative estimate of drug-likeness (QED) is 0.545. The molecule has 3 rings (SSSR count). The Labute approximate surface area is 130 Å². The monoisotopic (exact) mass is 309 g/mol. The van der Waals surface area contributed by atoms with Gasteiger partial charge >= 0.3 is 0 Å². The minimum Gasteiger partial charge on any atom is -0.287 e. The van der Waals surface area contributed by atoms with Gasteiger partial charge in [0.05, 0.1) is 27.2 Å². The van der Waals surface area contributed by atoms with Gasteiger partial charge in [-0.2, -0.15) is 0 Å². The molecule has 0 aromatic heterocycles. The summed E-state index contributed by atoms with van der Waals surface area (Å²) in [6.07, 6.45) is 1.66. The molecule has 0 unspecified atom stereocenters. The normalized spacial score (nSPS) is 13.5. The summed E-state index contributed by atoms with van der Waals surface area (Å²) in [5.41, 5.74) is 2.86. The minimum absolute atomic E-state index is 0.291. The van der Waals surface area contributed by atoms with Crippen molar-refractivity contribution in [3.63, 3.8) is 0 Å². The molecule has 1 aliphatic carbocycles. The Kier molecular flexibility index (Phi) is 3.25. The molecular formula is C16H11N3O4. The number of nitro groups is 2. The van der Waals surface area contributed by atoms with Crippen molar-refractivity contribution >= 4 is 23.2 Å². The lowest BCUT2D eigenvalue weighted by molar-refractivity contribution is -0.393. The highest BCUT2D eigenvalue weighted by Gasteiger charge is 2.34. The van der Waals surface area contributed by atoms with Crippen molar-refractivity contribution in [2.45, 2.75) is 0 Å². The third kappa shape index (κ3) is 2.10. The SMILES string of the molecule is C=Cc1ccc2c(c1)/C(=N\C)c1cc([N+](=O)[O-])cc([N+](=O)[O-])c1-2. The highest BCUT2D eigenvalue weighted by Crippen LogP contribution is 2.45. The molecule has 0 amide bonds. The Hall–Kier alpha value is -3.35. The molecule has 23 heavy (non-hydrogen) atoms. The third-order valence-electron chi connectivity index (χ3n) is 3.79. The average Bonchev–Trinajstić information content (AvgIpc) is 2.86. The van der Waals surface area contributed by atoms with Gasteiger partial charge in [-0.15, -0.1) is 0 Å². The second kappa shape index (κ2) is 5.13. The molecule has 0 N–H and O–H groups in total. The molecule has 0 saturated heterocycles. The van der Waals surface area contributed by atoms with Crippen molar-refractivity contribution in [1.82, 2.24) is 0 Å². The maximum absolute atomic E-state index is 11.4. The van der Waals surface area contributed by atoms with Crippen LogP contribution in [-0.4, -0.2) is 22.6 Å². The van der Waals surface area contributed by atoms with E-state index in [4.69, 9.17) is 0 Å². The number of hydrogen-bond acceptors (Lipinski definition) is 5. The minimum atomic E-state index is -0.640. The molecule has 0 bridgehead atoms. The first-order chi connectivity index (χ1) is 11.0. The Morgan fingerprint density at radius 1 is 1.04 bits per heavy atom. The topological polar surface area (TPSA) is 98.6 Å². The molecule has 0 heterocycles. The van der Waals surface area contributed by atoms with Crippen LogP contribution < -0.4 is 0 Å². The van der Waals surface area contributed by atoms with Crippen LogP contribution in [0.15, 0.2) is 41.9 Å². The zero-order valence-electron chi connectivity index (χ0n) is 12.1. The smallest absolute Gasteiger partial charge is 0.284 e. The number of benzene rings is 2.